The summed E-state index contributed by atoms with van der Waals surface area (Å²) in [5.41, 5.74) is 3.86. The van der Waals surface area contributed by atoms with Gasteiger partial charge in [0.1, 0.15) is 0 Å². The zero-order chi connectivity index (χ0) is 19.6. The summed E-state index contributed by atoms with van der Waals surface area (Å²) in [7, 11) is -3.14. The van der Waals surface area contributed by atoms with Crippen LogP contribution in [-0.4, -0.2) is 68.6 Å². The Balaban J connectivity index is 1.54. The standard InChI is InChI=1S/C20H31N3O3S/c1-4-27(25,26)23-10-8-18(9-11-23)20(24)22-14-12-21(13-15-22)19-7-5-6-16(2)17(19)3/h5-7,18H,4,8-15H2,1-3H3. The predicted molar refractivity (Wildman–Crippen MR) is 108 cm³/mol. The number of sulfonamides is 1. The third-order valence-corrected chi connectivity index (χ3v) is 7.95. The number of rotatable bonds is 4. The van der Waals surface area contributed by atoms with E-state index < -0.39 is 10.0 Å². The highest BCUT2D eigenvalue weighted by molar-refractivity contribution is 7.89. The third-order valence-electron chi connectivity index (χ3n) is 6.07. The SMILES string of the molecule is CCS(=O)(=O)N1CCC(C(=O)N2CCN(c3cccc(C)c3C)CC2)CC1. The second-order valence-electron chi connectivity index (χ2n) is 7.61. The van der Waals surface area contributed by atoms with Crippen molar-refractivity contribution in [3.8, 4) is 0 Å². The topological polar surface area (TPSA) is 60.9 Å². The molecule has 150 valence electrons. The lowest BCUT2D eigenvalue weighted by atomic mass is 9.96. The van der Waals surface area contributed by atoms with Crippen LogP contribution in [0.4, 0.5) is 5.69 Å². The number of nitrogens with zero attached hydrogens (tertiary/aromatic N) is 3. The molecule has 6 nitrogen and oxygen atoms in total. The van der Waals surface area contributed by atoms with Crippen LogP contribution in [0.3, 0.4) is 0 Å². The number of carbonyl (C=O) groups is 1. The summed E-state index contributed by atoms with van der Waals surface area (Å²) in [5.74, 6) is 0.288. The molecule has 0 radical (unpaired) electrons. The van der Waals surface area contributed by atoms with Crippen molar-refractivity contribution in [3.05, 3.63) is 29.3 Å². The summed E-state index contributed by atoms with van der Waals surface area (Å²) in [6, 6.07) is 6.38. The largest absolute Gasteiger partial charge is 0.368 e. The van der Waals surface area contributed by atoms with Gasteiger partial charge in [-0.25, -0.2) is 12.7 Å². The minimum absolute atomic E-state index is 0.0411. The fraction of sp³-hybridized carbons (Fsp3) is 0.650. The van der Waals surface area contributed by atoms with E-state index in [1.807, 2.05) is 4.90 Å². The van der Waals surface area contributed by atoms with E-state index in [1.54, 1.807) is 6.92 Å². The first-order valence-electron chi connectivity index (χ1n) is 9.91. The molecule has 0 saturated carbocycles. The number of hydrogen-bond donors (Lipinski definition) is 0. The molecule has 2 saturated heterocycles. The number of anilines is 1. The van der Waals surface area contributed by atoms with Crippen LogP contribution in [0.25, 0.3) is 0 Å². The maximum atomic E-state index is 12.9. The van der Waals surface area contributed by atoms with Crippen molar-refractivity contribution in [2.24, 2.45) is 5.92 Å². The molecule has 0 N–H and O–H groups in total. The molecular formula is C20H31N3O3S. The average molecular weight is 394 g/mol. The maximum Gasteiger partial charge on any atom is 0.225 e. The van der Waals surface area contributed by atoms with Crippen molar-refractivity contribution >= 4 is 21.6 Å². The number of benzene rings is 1. The van der Waals surface area contributed by atoms with Gasteiger partial charge in [0.25, 0.3) is 0 Å². The molecule has 27 heavy (non-hydrogen) atoms. The number of hydrogen-bond acceptors (Lipinski definition) is 4. The summed E-state index contributed by atoms with van der Waals surface area (Å²) in [6.45, 7) is 10.0. The minimum Gasteiger partial charge on any atom is -0.368 e. The fourth-order valence-electron chi connectivity index (χ4n) is 4.07. The number of carbonyl (C=O) groups excluding carboxylic acids is 1. The molecule has 0 aromatic heterocycles. The van der Waals surface area contributed by atoms with Crippen molar-refractivity contribution in [2.45, 2.75) is 33.6 Å². The van der Waals surface area contributed by atoms with Gasteiger partial charge < -0.3 is 9.80 Å². The van der Waals surface area contributed by atoms with E-state index in [0.29, 0.717) is 25.9 Å². The van der Waals surface area contributed by atoms with Gasteiger partial charge in [-0.05, 0) is 50.8 Å². The molecule has 1 aromatic rings. The minimum atomic E-state index is -3.14. The Hall–Kier alpha value is -1.60. The van der Waals surface area contributed by atoms with Crippen molar-refractivity contribution in [1.29, 1.82) is 0 Å². The van der Waals surface area contributed by atoms with Gasteiger partial charge in [-0.3, -0.25) is 4.79 Å². The highest BCUT2D eigenvalue weighted by atomic mass is 32.2. The molecule has 0 aliphatic carbocycles. The van der Waals surface area contributed by atoms with Crippen molar-refractivity contribution < 1.29 is 13.2 Å². The molecule has 3 rings (SSSR count). The van der Waals surface area contributed by atoms with Crippen LogP contribution in [-0.2, 0) is 14.8 Å². The Labute approximate surface area is 163 Å². The third kappa shape index (κ3) is 4.29. The van der Waals surface area contributed by atoms with Gasteiger partial charge in [0.15, 0.2) is 0 Å². The summed E-state index contributed by atoms with van der Waals surface area (Å²) in [4.78, 5) is 17.2. The summed E-state index contributed by atoms with van der Waals surface area (Å²) in [6.07, 6.45) is 1.27. The highest BCUT2D eigenvalue weighted by Gasteiger charge is 2.33. The Morgan fingerprint density at radius 1 is 1.04 bits per heavy atom. The van der Waals surface area contributed by atoms with Crippen LogP contribution in [0.2, 0.25) is 0 Å². The molecule has 7 heteroatoms. The molecule has 1 aromatic carbocycles. The Kier molecular flexibility index (Phi) is 6.11. The first-order valence-corrected chi connectivity index (χ1v) is 11.5. The number of piperidine rings is 1. The van der Waals surface area contributed by atoms with Crippen LogP contribution in [0.1, 0.15) is 30.9 Å². The quantitative estimate of drug-likeness (QED) is 0.785. The van der Waals surface area contributed by atoms with Crippen molar-refractivity contribution in [2.75, 3.05) is 49.9 Å². The van der Waals surface area contributed by atoms with Crippen LogP contribution in [0.15, 0.2) is 18.2 Å². The van der Waals surface area contributed by atoms with Gasteiger partial charge in [-0.2, -0.15) is 0 Å². The van der Waals surface area contributed by atoms with E-state index in [4.69, 9.17) is 0 Å². The average Bonchev–Trinajstić information content (AvgIpc) is 2.70. The van der Waals surface area contributed by atoms with Crippen molar-refractivity contribution in [3.63, 3.8) is 0 Å². The molecular weight excluding hydrogens is 362 g/mol. The van der Waals surface area contributed by atoms with Crippen LogP contribution >= 0.6 is 0 Å². The van der Waals surface area contributed by atoms with Gasteiger partial charge in [-0.15, -0.1) is 0 Å². The van der Waals surface area contributed by atoms with Gasteiger partial charge in [0.05, 0.1) is 5.75 Å². The lowest BCUT2D eigenvalue weighted by Gasteiger charge is -2.39. The van der Waals surface area contributed by atoms with E-state index >= 15 is 0 Å². The monoisotopic (exact) mass is 393 g/mol. The molecule has 0 bridgehead atoms. The fourth-order valence-corrected chi connectivity index (χ4v) is 5.20. The molecule has 2 aliphatic rings. The summed E-state index contributed by atoms with van der Waals surface area (Å²) >= 11 is 0. The number of amides is 1. The van der Waals surface area contributed by atoms with Gasteiger partial charge in [0, 0.05) is 50.9 Å². The molecule has 0 unspecified atom stereocenters. The smallest absolute Gasteiger partial charge is 0.225 e. The lowest BCUT2D eigenvalue weighted by molar-refractivity contribution is -0.137. The van der Waals surface area contributed by atoms with E-state index in [1.165, 1.54) is 21.1 Å². The van der Waals surface area contributed by atoms with E-state index in [2.05, 4.69) is 36.9 Å². The lowest BCUT2D eigenvalue weighted by Crippen LogP contribution is -2.52. The molecule has 0 spiro atoms. The summed E-state index contributed by atoms with van der Waals surface area (Å²) in [5, 5.41) is 0. The zero-order valence-electron chi connectivity index (χ0n) is 16.6. The summed E-state index contributed by atoms with van der Waals surface area (Å²) < 4.78 is 25.5. The van der Waals surface area contributed by atoms with E-state index in [9.17, 15) is 13.2 Å². The number of aryl methyl sites for hydroxylation is 1. The Morgan fingerprint density at radius 3 is 2.26 bits per heavy atom. The molecule has 2 fully saturated rings. The van der Waals surface area contributed by atoms with Crippen LogP contribution in [0.5, 0.6) is 0 Å². The first kappa shape index (κ1) is 20.1. The second-order valence-corrected chi connectivity index (χ2v) is 9.86. The van der Waals surface area contributed by atoms with Crippen LogP contribution in [0, 0.1) is 19.8 Å². The van der Waals surface area contributed by atoms with Crippen molar-refractivity contribution in [1.82, 2.24) is 9.21 Å². The van der Waals surface area contributed by atoms with E-state index in [0.717, 1.165) is 26.2 Å². The normalized spacial score (nSPS) is 20.1. The van der Waals surface area contributed by atoms with Gasteiger partial charge in [0.2, 0.25) is 15.9 Å². The predicted octanol–water partition coefficient (Wildman–Crippen LogP) is 2.01. The number of piperazine rings is 1. The molecule has 0 atom stereocenters. The van der Waals surface area contributed by atoms with Gasteiger partial charge in [-0.1, -0.05) is 12.1 Å². The van der Waals surface area contributed by atoms with Crippen LogP contribution < -0.4 is 4.90 Å². The first-order chi connectivity index (χ1) is 12.8. The zero-order valence-corrected chi connectivity index (χ0v) is 17.5. The molecule has 2 heterocycles. The Bertz CT molecular complexity index is 778. The Morgan fingerprint density at radius 2 is 1.67 bits per heavy atom. The van der Waals surface area contributed by atoms with E-state index in [-0.39, 0.29) is 17.6 Å². The molecule has 2 aliphatic heterocycles. The van der Waals surface area contributed by atoms with Gasteiger partial charge >= 0.3 is 0 Å². The maximum absolute atomic E-state index is 12.9. The second kappa shape index (κ2) is 8.19. The highest BCUT2D eigenvalue weighted by Crippen LogP contribution is 2.26. The molecule has 1 amide bonds.